The van der Waals surface area contributed by atoms with Gasteiger partial charge in [-0.1, -0.05) is 164 Å². The summed E-state index contributed by atoms with van der Waals surface area (Å²) in [6, 6.07) is 70.7. The lowest BCUT2D eigenvalue weighted by Gasteiger charge is -2.26. The summed E-state index contributed by atoms with van der Waals surface area (Å²) in [5.41, 5.74) is 13.2. The van der Waals surface area contributed by atoms with Gasteiger partial charge in [0.05, 0.1) is 11.4 Å². The third kappa shape index (κ3) is 5.05. The van der Waals surface area contributed by atoms with Crippen LogP contribution in [-0.2, 0) is 0 Å². The summed E-state index contributed by atoms with van der Waals surface area (Å²) in [6.45, 7) is 0. The topological polar surface area (TPSA) is 29.5 Å². The molecule has 0 aliphatic carbocycles. The van der Waals surface area contributed by atoms with E-state index in [0.29, 0.717) is 0 Å². The van der Waals surface area contributed by atoms with E-state index in [9.17, 15) is 0 Å². The van der Waals surface area contributed by atoms with Crippen LogP contribution in [0.15, 0.2) is 209 Å². The van der Waals surface area contributed by atoms with Gasteiger partial charge in [-0.2, -0.15) is 0 Å². The molecule has 0 spiro atoms. The molecule has 0 N–H and O–H groups in total. The predicted octanol–water partition coefficient (Wildman–Crippen LogP) is 15.1. The Kier molecular flexibility index (Phi) is 7.17. The Labute approximate surface area is 317 Å². The number of rotatable bonds is 6. The third-order valence-corrected chi connectivity index (χ3v) is 10.9. The van der Waals surface area contributed by atoms with Crippen LogP contribution >= 0.6 is 0 Å². The van der Waals surface area contributed by atoms with Gasteiger partial charge in [-0.05, 0) is 75.2 Å². The molecule has 0 amide bonds. The lowest BCUT2D eigenvalue weighted by molar-refractivity contribution is 0.667. The van der Waals surface area contributed by atoms with Crippen LogP contribution in [0.3, 0.4) is 0 Å². The number of benzene rings is 9. The molecule has 0 aliphatic rings. The maximum Gasteiger partial charge on any atom is 0.160 e. The second-order valence-corrected chi connectivity index (χ2v) is 14.0. The molecule has 0 atom stereocenters. The van der Waals surface area contributed by atoms with E-state index < -0.39 is 0 Å². The average molecular weight is 704 g/mol. The lowest BCUT2D eigenvalue weighted by Crippen LogP contribution is -2.10. The van der Waals surface area contributed by atoms with Gasteiger partial charge in [0.2, 0.25) is 0 Å². The second-order valence-electron chi connectivity index (χ2n) is 14.0. The van der Waals surface area contributed by atoms with Gasteiger partial charge in [-0.25, -0.2) is 0 Å². The zero-order valence-corrected chi connectivity index (χ0v) is 29.8. The Hall–Kier alpha value is -7.36. The number of furan rings is 2. The van der Waals surface area contributed by atoms with Gasteiger partial charge < -0.3 is 13.7 Å². The highest BCUT2D eigenvalue weighted by atomic mass is 16.3. The van der Waals surface area contributed by atoms with Crippen LogP contribution in [-0.4, -0.2) is 0 Å². The van der Waals surface area contributed by atoms with E-state index in [4.69, 9.17) is 8.83 Å². The van der Waals surface area contributed by atoms with Crippen molar-refractivity contribution < 1.29 is 8.83 Å². The maximum atomic E-state index is 7.27. The van der Waals surface area contributed by atoms with E-state index in [-0.39, 0.29) is 0 Å². The Bertz CT molecular complexity index is 3180. The highest BCUT2D eigenvalue weighted by Crippen LogP contribution is 2.50. The number of para-hydroxylation sites is 2. The van der Waals surface area contributed by atoms with Gasteiger partial charge in [0.25, 0.3) is 0 Å². The van der Waals surface area contributed by atoms with Crippen molar-refractivity contribution in [1.82, 2.24) is 0 Å². The molecule has 3 nitrogen and oxygen atoms in total. The molecular formula is C52H33NO2. The van der Waals surface area contributed by atoms with Crippen LogP contribution in [0.25, 0.3) is 88.0 Å². The van der Waals surface area contributed by atoms with Crippen molar-refractivity contribution >= 4 is 71.7 Å². The SMILES string of the molecule is c1ccc(-c2ccc(N(c3cccc4c3oc3ccccc34)c3ccc(-c4ccccc4)c4c3oc3c5ccccc5c(-c5ccccc5)cc34)cc2)cc1. The summed E-state index contributed by atoms with van der Waals surface area (Å²) in [7, 11) is 0. The molecule has 0 bridgehead atoms. The lowest BCUT2D eigenvalue weighted by atomic mass is 9.93. The predicted molar refractivity (Wildman–Crippen MR) is 229 cm³/mol. The first kappa shape index (κ1) is 31.2. The van der Waals surface area contributed by atoms with E-state index in [1.54, 1.807) is 0 Å². The molecule has 0 saturated carbocycles. The number of hydrogen-bond acceptors (Lipinski definition) is 3. The van der Waals surface area contributed by atoms with Crippen molar-refractivity contribution in [2.45, 2.75) is 0 Å². The van der Waals surface area contributed by atoms with Crippen LogP contribution < -0.4 is 4.90 Å². The molecule has 258 valence electrons. The summed E-state index contributed by atoms with van der Waals surface area (Å²) >= 11 is 0. The Morgan fingerprint density at radius 1 is 0.309 bits per heavy atom. The Morgan fingerprint density at radius 3 is 1.58 bits per heavy atom. The zero-order chi connectivity index (χ0) is 36.3. The summed E-state index contributed by atoms with van der Waals surface area (Å²) in [5, 5.41) is 6.55. The summed E-state index contributed by atoms with van der Waals surface area (Å²) in [4.78, 5) is 2.30. The van der Waals surface area contributed by atoms with Crippen molar-refractivity contribution in [2.24, 2.45) is 0 Å². The molecule has 2 heterocycles. The fourth-order valence-electron chi connectivity index (χ4n) is 8.33. The number of hydrogen-bond donors (Lipinski definition) is 0. The second kappa shape index (κ2) is 12.6. The van der Waals surface area contributed by atoms with Crippen molar-refractivity contribution in [1.29, 1.82) is 0 Å². The first-order valence-electron chi connectivity index (χ1n) is 18.7. The highest BCUT2D eigenvalue weighted by Gasteiger charge is 2.26. The first-order valence-corrected chi connectivity index (χ1v) is 18.7. The summed E-state index contributed by atoms with van der Waals surface area (Å²) in [5.74, 6) is 0. The minimum Gasteiger partial charge on any atom is -0.454 e. The molecule has 0 radical (unpaired) electrons. The molecule has 55 heavy (non-hydrogen) atoms. The van der Waals surface area contributed by atoms with Crippen molar-refractivity contribution in [2.75, 3.05) is 4.90 Å². The third-order valence-electron chi connectivity index (χ3n) is 10.9. The van der Waals surface area contributed by atoms with E-state index in [1.165, 1.54) is 16.7 Å². The average Bonchev–Trinajstić information content (AvgIpc) is 3.85. The monoisotopic (exact) mass is 703 g/mol. The summed E-state index contributed by atoms with van der Waals surface area (Å²) in [6.07, 6.45) is 0. The normalized spacial score (nSPS) is 11.6. The van der Waals surface area contributed by atoms with Crippen molar-refractivity contribution in [3.63, 3.8) is 0 Å². The van der Waals surface area contributed by atoms with E-state index in [1.807, 2.05) is 12.1 Å². The fraction of sp³-hybridized carbons (Fsp3) is 0. The molecule has 0 saturated heterocycles. The smallest absolute Gasteiger partial charge is 0.160 e. The minimum atomic E-state index is 0.812. The zero-order valence-electron chi connectivity index (χ0n) is 29.8. The highest BCUT2D eigenvalue weighted by molar-refractivity contribution is 6.24. The van der Waals surface area contributed by atoms with Gasteiger partial charge in [0.1, 0.15) is 11.2 Å². The van der Waals surface area contributed by atoms with E-state index >= 15 is 0 Å². The largest absolute Gasteiger partial charge is 0.454 e. The van der Waals surface area contributed by atoms with E-state index in [0.717, 1.165) is 88.4 Å². The molecule has 9 aromatic carbocycles. The van der Waals surface area contributed by atoms with Gasteiger partial charge >= 0.3 is 0 Å². The molecule has 0 fully saturated rings. The molecular weight excluding hydrogens is 671 g/mol. The van der Waals surface area contributed by atoms with Crippen LogP contribution in [0.5, 0.6) is 0 Å². The van der Waals surface area contributed by atoms with Crippen molar-refractivity contribution in [3.05, 3.63) is 200 Å². The number of fused-ring (bicyclic) bond motifs is 8. The van der Waals surface area contributed by atoms with Gasteiger partial charge in [-0.15, -0.1) is 0 Å². The molecule has 3 heteroatoms. The molecule has 0 unspecified atom stereocenters. The van der Waals surface area contributed by atoms with Gasteiger partial charge in [-0.3, -0.25) is 0 Å². The molecule has 11 aromatic rings. The fourth-order valence-corrected chi connectivity index (χ4v) is 8.33. The summed E-state index contributed by atoms with van der Waals surface area (Å²) < 4.78 is 14.0. The van der Waals surface area contributed by atoms with Gasteiger partial charge in [0.15, 0.2) is 11.2 Å². The molecule has 11 rings (SSSR count). The number of nitrogens with zero attached hydrogens (tertiary/aromatic N) is 1. The van der Waals surface area contributed by atoms with Crippen LogP contribution in [0.4, 0.5) is 17.1 Å². The van der Waals surface area contributed by atoms with Crippen molar-refractivity contribution in [3.8, 4) is 33.4 Å². The quantitative estimate of drug-likeness (QED) is 0.173. The first-order chi connectivity index (χ1) is 27.3. The molecule has 2 aromatic heterocycles. The standard InChI is InChI=1S/C52H33NO2/c1-4-15-34(16-5-1)35-27-29-38(30-28-35)53(46-25-14-24-43-41-22-12-13-26-48(41)54-51(43)46)47-32-31-39(36-17-6-2-7-18-36)49-45-33-44(37-19-8-3-9-20-37)40-21-10-11-23-42(40)50(45)55-52(47)49/h1-33H. The van der Waals surface area contributed by atoms with Crippen LogP contribution in [0.2, 0.25) is 0 Å². The maximum absolute atomic E-state index is 7.27. The molecule has 0 aliphatic heterocycles. The minimum absolute atomic E-state index is 0.812. The number of anilines is 3. The Morgan fingerprint density at radius 2 is 0.855 bits per heavy atom. The Balaban J connectivity index is 1.25. The van der Waals surface area contributed by atoms with Crippen LogP contribution in [0, 0.1) is 0 Å². The van der Waals surface area contributed by atoms with Gasteiger partial charge in [0, 0.05) is 32.6 Å². The van der Waals surface area contributed by atoms with Crippen LogP contribution in [0.1, 0.15) is 0 Å². The van der Waals surface area contributed by atoms with E-state index in [2.05, 4.69) is 193 Å².